The molecule has 0 unspecified atom stereocenters. The molecule has 0 radical (unpaired) electrons. The van der Waals surface area contributed by atoms with Gasteiger partial charge < -0.3 is 4.90 Å². The zero-order valence-electron chi connectivity index (χ0n) is 13.1. The average molecular weight is 355 g/mol. The molecule has 24 heavy (non-hydrogen) atoms. The number of carbonyl (C=O) groups excluding carboxylic acids is 1. The summed E-state index contributed by atoms with van der Waals surface area (Å²) in [5, 5.41) is 6.18. The van der Waals surface area contributed by atoms with Crippen molar-refractivity contribution in [2.45, 2.75) is 12.8 Å². The van der Waals surface area contributed by atoms with Gasteiger partial charge in [0.25, 0.3) is 0 Å². The Morgan fingerprint density at radius 3 is 2.50 bits per heavy atom. The monoisotopic (exact) mass is 355 g/mol. The molecule has 3 aromatic rings. The molecule has 0 aliphatic carbocycles. The predicted octanol–water partition coefficient (Wildman–Crippen LogP) is 4.38. The van der Waals surface area contributed by atoms with Gasteiger partial charge in [0.2, 0.25) is 0 Å². The molecule has 1 aliphatic heterocycles. The van der Waals surface area contributed by atoms with Crippen LogP contribution < -0.4 is 4.80 Å². The Labute approximate surface area is 148 Å². The number of amides is 2. The highest BCUT2D eigenvalue weighted by molar-refractivity contribution is 7.08. The Balaban J connectivity index is 1.63. The highest BCUT2D eigenvalue weighted by Crippen LogP contribution is 2.23. The third-order valence-corrected chi connectivity index (χ3v) is 5.60. The van der Waals surface area contributed by atoms with Crippen molar-refractivity contribution < 1.29 is 4.79 Å². The smallest absolute Gasteiger partial charge is 0.323 e. The Morgan fingerprint density at radius 1 is 1.00 bits per heavy atom. The van der Waals surface area contributed by atoms with E-state index in [0.717, 1.165) is 36.4 Å². The fraction of sp³-hybridized carbons (Fsp3) is 0.222. The van der Waals surface area contributed by atoms with Gasteiger partial charge in [-0.25, -0.2) is 4.79 Å². The molecule has 1 saturated heterocycles. The zero-order chi connectivity index (χ0) is 16.4. The van der Waals surface area contributed by atoms with Crippen molar-refractivity contribution in [2.24, 2.45) is 4.99 Å². The number of thiazole rings is 1. The lowest BCUT2D eigenvalue weighted by Gasteiger charge is -2.10. The SMILES string of the molecule is O=C(/N=c1\sccn1-c1ccc(-c2ccsc2)cc1)N1CCCC1. The fourth-order valence-electron chi connectivity index (χ4n) is 2.85. The van der Waals surface area contributed by atoms with Gasteiger partial charge in [0, 0.05) is 30.4 Å². The van der Waals surface area contributed by atoms with Gasteiger partial charge in [-0.2, -0.15) is 16.3 Å². The number of benzene rings is 1. The fourth-order valence-corrected chi connectivity index (χ4v) is 4.23. The van der Waals surface area contributed by atoms with E-state index in [-0.39, 0.29) is 6.03 Å². The molecule has 0 spiro atoms. The summed E-state index contributed by atoms with van der Waals surface area (Å²) in [5.41, 5.74) is 3.45. The molecule has 122 valence electrons. The standard InChI is InChI=1S/C18H17N3OS2/c22-17(20-8-1-2-9-20)19-18-21(10-12-24-18)16-5-3-14(4-6-16)15-7-11-23-13-15/h3-7,10-13H,1-2,8-9H2/b19-18-. The second-order valence-electron chi connectivity index (χ2n) is 5.70. The number of likely N-dealkylation sites (tertiary alicyclic amines) is 1. The molecule has 4 rings (SSSR count). The van der Waals surface area contributed by atoms with E-state index in [2.05, 4.69) is 46.1 Å². The lowest BCUT2D eigenvalue weighted by molar-refractivity contribution is 0.218. The molecule has 1 aliphatic rings. The van der Waals surface area contributed by atoms with Gasteiger partial charge in [-0.15, -0.1) is 11.3 Å². The summed E-state index contributed by atoms with van der Waals surface area (Å²) in [4.78, 5) is 19.1. The molecule has 1 aromatic carbocycles. The van der Waals surface area contributed by atoms with Gasteiger partial charge in [0.1, 0.15) is 0 Å². The van der Waals surface area contributed by atoms with Crippen molar-refractivity contribution in [3.05, 3.63) is 57.5 Å². The third kappa shape index (κ3) is 3.07. The topological polar surface area (TPSA) is 37.6 Å². The molecular weight excluding hydrogens is 338 g/mol. The van der Waals surface area contributed by atoms with E-state index in [4.69, 9.17) is 0 Å². The molecule has 6 heteroatoms. The maximum Gasteiger partial charge on any atom is 0.346 e. The molecule has 3 heterocycles. The van der Waals surface area contributed by atoms with E-state index < -0.39 is 0 Å². The number of carbonyl (C=O) groups is 1. The van der Waals surface area contributed by atoms with Crippen LogP contribution in [-0.4, -0.2) is 28.6 Å². The van der Waals surface area contributed by atoms with E-state index in [0.29, 0.717) is 0 Å². The number of nitrogens with zero attached hydrogens (tertiary/aromatic N) is 3. The molecule has 4 nitrogen and oxygen atoms in total. The van der Waals surface area contributed by atoms with Gasteiger partial charge in [0.15, 0.2) is 4.80 Å². The van der Waals surface area contributed by atoms with Crippen LogP contribution in [0, 0.1) is 0 Å². The van der Waals surface area contributed by atoms with Crippen LogP contribution >= 0.6 is 22.7 Å². The van der Waals surface area contributed by atoms with Crippen molar-refractivity contribution in [3.8, 4) is 16.8 Å². The lowest BCUT2D eigenvalue weighted by Crippen LogP contribution is -2.27. The zero-order valence-corrected chi connectivity index (χ0v) is 14.7. The van der Waals surface area contributed by atoms with E-state index >= 15 is 0 Å². The predicted molar refractivity (Wildman–Crippen MR) is 98.7 cm³/mol. The number of rotatable bonds is 2. The van der Waals surface area contributed by atoms with Gasteiger partial charge in [-0.1, -0.05) is 12.1 Å². The molecule has 0 saturated carbocycles. The summed E-state index contributed by atoms with van der Waals surface area (Å²) in [7, 11) is 0. The Bertz CT molecular complexity index is 885. The van der Waals surface area contributed by atoms with Gasteiger partial charge in [0.05, 0.1) is 0 Å². The van der Waals surface area contributed by atoms with Crippen molar-refractivity contribution in [2.75, 3.05) is 13.1 Å². The Hall–Kier alpha value is -2.18. The highest BCUT2D eigenvalue weighted by Gasteiger charge is 2.17. The lowest BCUT2D eigenvalue weighted by atomic mass is 10.1. The maximum atomic E-state index is 12.3. The van der Waals surface area contributed by atoms with Crippen LogP contribution in [0.4, 0.5) is 4.79 Å². The molecule has 0 atom stereocenters. The summed E-state index contributed by atoms with van der Waals surface area (Å²) < 4.78 is 1.97. The average Bonchev–Trinajstić information content (AvgIpc) is 3.36. The van der Waals surface area contributed by atoms with Gasteiger partial charge in [-0.3, -0.25) is 4.57 Å². The Morgan fingerprint density at radius 2 is 1.79 bits per heavy atom. The van der Waals surface area contributed by atoms with Crippen LogP contribution in [0.3, 0.4) is 0 Å². The summed E-state index contributed by atoms with van der Waals surface area (Å²) in [6.45, 7) is 1.64. The highest BCUT2D eigenvalue weighted by atomic mass is 32.1. The summed E-state index contributed by atoms with van der Waals surface area (Å²) in [5.74, 6) is 0. The molecule has 1 fully saturated rings. The van der Waals surface area contributed by atoms with E-state index in [9.17, 15) is 4.79 Å². The van der Waals surface area contributed by atoms with Crippen LogP contribution in [-0.2, 0) is 0 Å². The van der Waals surface area contributed by atoms with Gasteiger partial charge >= 0.3 is 6.03 Å². The van der Waals surface area contributed by atoms with E-state index in [1.54, 1.807) is 11.3 Å². The van der Waals surface area contributed by atoms with E-state index in [1.807, 2.05) is 21.0 Å². The first kappa shape index (κ1) is 15.4. The summed E-state index contributed by atoms with van der Waals surface area (Å²) in [6.07, 6.45) is 4.12. The van der Waals surface area contributed by atoms with Gasteiger partial charge in [-0.05, 0) is 52.9 Å². The minimum atomic E-state index is -0.126. The number of urea groups is 1. The number of aromatic nitrogens is 1. The first-order valence-electron chi connectivity index (χ1n) is 7.94. The molecule has 0 N–H and O–H groups in total. The second kappa shape index (κ2) is 6.75. The van der Waals surface area contributed by atoms with Crippen molar-refractivity contribution >= 4 is 28.7 Å². The maximum absolute atomic E-state index is 12.3. The van der Waals surface area contributed by atoms with Crippen LogP contribution in [0.2, 0.25) is 0 Å². The Kier molecular flexibility index (Phi) is 4.32. The van der Waals surface area contributed by atoms with Crippen LogP contribution in [0.1, 0.15) is 12.8 Å². The summed E-state index contributed by atoms with van der Waals surface area (Å²) >= 11 is 3.18. The van der Waals surface area contributed by atoms with Crippen molar-refractivity contribution in [1.29, 1.82) is 0 Å². The van der Waals surface area contributed by atoms with Crippen LogP contribution in [0.5, 0.6) is 0 Å². The third-order valence-electron chi connectivity index (χ3n) is 4.16. The minimum absolute atomic E-state index is 0.126. The first-order chi connectivity index (χ1) is 11.8. The quantitative estimate of drug-likeness (QED) is 0.672. The number of hydrogen-bond donors (Lipinski definition) is 0. The number of hydrogen-bond acceptors (Lipinski definition) is 3. The molecule has 2 aromatic heterocycles. The molecular formula is C18H17N3OS2. The normalized spacial score (nSPS) is 15.2. The summed E-state index contributed by atoms with van der Waals surface area (Å²) in [6, 6.07) is 10.3. The largest absolute Gasteiger partial charge is 0.346 e. The van der Waals surface area contributed by atoms with Crippen molar-refractivity contribution in [3.63, 3.8) is 0 Å². The first-order valence-corrected chi connectivity index (χ1v) is 9.76. The molecule has 0 bridgehead atoms. The van der Waals surface area contributed by atoms with Crippen molar-refractivity contribution in [1.82, 2.24) is 9.47 Å². The molecule has 2 amide bonds. The van der Waals surface area contributed by atoms with Crippen LogP contribution in [0.15, 0.2) is 57.7 Å². The number of thiophene rings is 1. The minimum Gasteiger partial charge on any atom is -0.323 e. The van der Waals surface area contributed by atoms with Crippen LogP contribution in [0.25, 0.3) is 16.8 Å². The second-order valence-corrected chi connectivity index (χ2v) is 7.36. The van der Waals surface area contributed by atoms with E-state index in [1.165, 1.54) is 22.5 Å².